The second-order valence-corrected chi connectivity index (χ2v) is 7.51. The summed E-state index contributed by atoms with van der Waals surface area (Å²) in [6.45, 7) is 3.99. The maximum atomic E-state index is 13.1. The first-order valence-corrected chi connectivity index (χ1v) is 10.0. The Morgan fingerprint density at radius 1 is 1.25 bits per heavy atom. The van der Waals surface area contributed by atoms with E-state index in [1.54, 1.807) is 18.3 Å². The highest BCUT2D eigenvalue weighted by molar-refractivity contribution is 5.71. The summed E-state index contributed by atoms with van der Waals surface area (Å²) in [4.78, 5) is 17.8. The molecule has 5 heteroatoms. The molecule has 28 heavy (non-hydrogen) atoms. The van der Waals surface area contributed by atoms with Gasteiger partial charge in [-0.25, -0.2) is 9.50 Å². The highest BCUT2D eigenvalue weighted by Gasteiger charge is 2.24. The van der Waals surface area contributed by atoms with Gasteiger partial charge in [0.15, 0.2) is 5.65 Å². The van der Waals surface area contributed by atoms with E-state index in [0.717, 1.165) is 36.1 Å². The minimum Gasteiger partial charge on any atom is -0.507 e. The number of nitrogens with one attached hydrogen (secondary N) is 1. The van der Waals surface area contributed by atoms with E-state index in [9.17, 15) is 9.90 Å². The lowest BCUT2D eigenvalue weighted by atomic mass is 9.84. The van der Waals surface area contributed by atoms with E-state index in [2.05, 4.69) is 21.9 Å². The summed E-state index contributed by atoms with van der Waals surface area (Å²) in [5.74, 6) is 6.47. The number of aromatic nitrogens is 3. The number of benzene rings is 1. The van der Waals surface area contributed by atoms with Crippen molar-refractivity contribution in [3.8, 4) is 28.7 Å². The van der Waals surface area contributed by atoms with E-state index < -0.39 is 0 Å². The van der Waals surface area contributed by atoms with Gasteiger partial charge in [0.25, 0.3) is 5.56 Å². The number of fused-ring (bicyclic) bond motifs is 1. The number of aryl methyl sites for hydroxylation is 1. The first kappa shape index (κ1) is 18.4. The molecule has 0 bridgehead atoms. The van der Waals surface area contributed by atoms with Crippen molar-refractivity contribution in [2.75, 3.05) is 0 Å². The van der Waals surface area contributed by atoms with Gasteiger partial charge in [0.05, 0.1) is 5.56 Å². The lowest BCUT2D eigenvalue weighted by Crippen LogP contribution is -2.17. The maximum absolute atomic E-state index is 13.1. The zero-order valence-electron chi connectivity index (χ0n) is 16.4. The summed E-state index contributed by atoms with van der Waals surface area (Å²) in [5.41, 5.74) is 4.26. The van der Waals surface area contributed by atoms with Crippen molar-refractivity contribution in [3.05, 3.63) is 51.6 Å². The van der Waals surface area contributed by atoms with Crippen LogP contribution in [0.1, 0.15) is 68.2 Å². The number of rotatable bonds is 2. The quantitative estimate of drug-likeness (QED) is 0.647. The number of aromatic amines is 1. The fraction of sp³-hybridized carbons (Fsp3) is 0.391. The second-order valence-electron chi connectivity index (χ2n) is 7.51. The third-order valence-corrected chi connectivity index (χ3v) is 5.60. The Morgan fingerprint density at radius 2 is 2.04 bits per heavy atom. The van der Waals surface area contributed by atoms with Gasteiger partial charge in [0.1, 0.15) is 5.75 Å². The molecule has 1 fully saturated rings. The molecule has 144 valence electrons. The smallest absolute Gasteiger partial charge is 0.280 e. The van der Waals surface area contributed by atoms with Crippen LogP contribution in [0.25, 0.3) is 16.8 Å². The van der Waals surface area contributed by atoms with Gasteiger partial charge in [-0.05, 0) is 43.9 Å². The van der Waals surface area contributed by atoms with E-state index in [0.29, 0.717) is 22.7 Å². The largest absolute Gasteiger partial charge is 0.507 e. The van der Waals surface area contributed by atoms with Gasteiger partial charge in [0, 0.05) is 35.0 Å². The van der Waals surface area contributed by atoms with Crippen molar-refractivity contribution in [2.24, 2.45) is 0 Å². The monoisotopic (exact) mass is 375 g/mol. The van der Waals surface area contributed by atoms with Crippen LogP contribution < -0.4 is 5.56 Å². The summed E-state index contributed by atoms with van der Waals surface area (Å²) >= 11 is 0. The SMILES string of the molecule is CCC#Cc1ccc(-c2cnc3c(C4CCCCC4)c(C)[nH]n3c2=O)c(O)c1. The zero-order valence-corrected chi connectivity index (χ0v) is 16.4. The fourth-order valence-electron chi connectivity index (χ4n) is 4.24. The molecular weight excluding hydrogens is 350 g/mol. The van der Waals surface area contributed by atoms with Gasteiger partial charge in [-0.1, -0.05) is 38.0 Å². The van der Waals surface area contributed by atoms with Crippen LogP contribution in [-0.4, -0.2) is 19.7 Å². The molecular formula is C23H25N3O2. The minimum atomic E-state index is -0.196. The van der Waals surface area contributed by atoms with Crippen molar-refractivity contribution in [3.63, 3.8) is 0 Å². The first-order valence-electron chi connectivity index (χ1n) is 10.0. The summed E-state index contributed by atoms with van der Waals surface area (Å²) in [6, 6.07) is 5.15. The first-order chi connectivity index (χ1) is 13.6. The third kappa shape index (κ3) is 3.20. The Balaban J connectivity index is 1.80. The van der Waals surface area contributed by atoms with Gasteiger partial charge in [-0.3, -0.25) is 9.89 Å². The molecule has 0 saturated heterocycles. The van der Waals surface area contributed by atoms with E-state index in [-0.39, 0.29) is 11.3 Å². The molecule has 0 spiro atoms. The highest BCUT2D eigenvalue weighted by atomic mass is 16.3. The lowest BCUT2D eigenvalue weighted by Gasteiger charge is -2.21. The van der Waals surface area contributed by atoms with Gasteiger partial charge in [-0.15, -0.1) is 0 Å². The molecule has 1 saturated carbocycles. The average Bonchev–Trinajstić information content (AvgIpc) is 3.05. The van der Waals surface area contributed by atoms with E-state index in [4.69, 9.17) is 0 Å². The Hall–Kier alpha value is -3.00. The Bertz CT molecular complexity index is 1140. The van der Waals surface area contributed by atoms with E-state index in [1.165, 1.54) is 23.8 Å². The number of aromatic hydroxyl groups is 1. The number of hydrogen-bond acceptors (Lipinski definition) is 3. The van der Waals surface area contributed by atoms with E-state index in [1.807, 2.05) is 19.9 Å². The normalized spacial score (nSPS) is 14.8. The Morgan fingerprint density at radius 3 is 2.75 bits per heavy atom. The molecule has 1 aliphatic carbocycles. The van der Waals surface area contributed by atoms with E-state index >= 15 is 0 Å². The summed E-state index contributed by atoms with van der Waals surface area (Å²) in [7, 11) is 0. The Labute approximate surface area is 164 Å². The van der Waals surface area contributed by atoms with Crippen LogP contribution in [0.3, 0.4) is 0 Å². The van der Waals surface area contributed by atoms with Crippen LogP contribution in [-0.2, 0) is 0 Å². The second kappa shape index (κ2) is 7.55. The molecule has 2 N–H and O–H groups in total. The van der Waals surface area contributed by atoms with Crippen LogP contribution in [0.2, 0.25) is 0 Å². The van der Waals surface area contributed by atoms with Crippen LogP contribution in [0.15, 0.2) is 29.2 Å². The highest BCUT2D eigenvalue weighted by Crippen LogP contribution is 2.36. The molecule has 2 heterocycles. The zero-order chi connectivity index (χ0) is 19.7. The third-order valence-electron chi connectivity index (χ3n) is 5.60. The predicted molar refractivity (Wildman–Crippen MR) is 111 cm³/mol. The van der Waals surface area contributed by atoms with Crippen LogP contribution >= 0.6 is 0 Å². The standard InChI is InChI=1S/C23H25N3O2/c1-3-4-8-16-11-12-18(20(27)13-16)19-14-24-22-21(17-9-6-5-7-10-17)15(2)25-26(22)23(19)28/h11-14,17,25,27H,3,5-7,9-10H2,1-2H3. The number of nitrogens with zero attached hydrogens (tertiary/aromatic N) is 2. The predicted octanol–water partition coefficient (Wildman–Crippen LogP) is 4.51. The number of phenols is 1. The molecule has 1 aliphatic rings. The minimum absolute atomic E-state index is 0.0394. The molecule has 0 atom stereocenters. The molecule has 3 aromatic rings. The molecule has 1 aromatic carbocycles. The van der Waals surface area contributed by atoms with Crippen LogP contribution in [0.4, 0.5) is 0 Å². The lowest BCUT2D eigenvalue weighted by molar-refractivity contribution is 0.444. The molecule has 4 rings (SSSR count). The van der Waals surface area contributed by atoms with Crippen molar-refractivity contribution in [2.45, 2.75) is 58.3 Å². The van der Waals surface area contributed by atoms with Crippen LogP contribution in [0, 0.1) is 18.8 Å². The molecule has 0 amide bonds. The summed E-state index contributed by atoms with van der Waals surface area (Å²) in [6.07, 6.45) is 8.37. The van der Waals surface area contributed by atoms with Gasteiger partial charge in [-0.2, -0.15) is 0 Å². The number of hydrogen-bond donors (Lipinski definition) is 2. The van der Waals surface area contributed by atoms with Gasteiger partial charge in [0.2, 0.25) is 0 Å². The maximum Gasteiger partial charge on any atom is 0.280 e. The number of phenolic OH excluding ortho intramolecular Hbond substituents is 1. The summed E-state index contributed by atoms with van der Waals surface area (Å²) < 4.78 is 1.53. The van der Waals surface area contributed by atoms with Gasteiger partial charge >= 0.3 is 0 Å². The molecule has 0 unspecified atom stereocenters. The van der Waals surface area contributed by atoms with Crippen molar-refractivity contribution < 1.29 is 5.11 Å². The molecule has 0 aliphatic heterocycles. The van der Waals surface area contributed by atoms with Crippen molar-refractivity contribution >= 4 is 5.65 Å². The molecule has 0 radical (unpaired) electrons. The molecule has 2 aromatic heterocycles. The topological polar surface area (TPSA) is 70.4 Å². The summed E-state index contributed by atoms with van der Waals surface area (Å²) in [5, 5.41) is 13.6. The Kier molecular flexibility index (Phi) is 4.95. The molecule has 5 nitrogen and oxygen atoms in total. The number of H-pyrrole nitrogens is 1. The van der Waals surface area contributed by atoms with Crippen molar-refractivity contribution in [1.29, 1.82) is 0 Å². The van der Waals surface area contributed by atoms with Crippen molar-refractivity contribution in [1.82, 2.24) is 14.6 Å². The average molecular weight is 375 g/mol. The fourth-order valence-corrected chi connectivity index (χ4v) is 4.24. The van der Waals surface area contributed by atoms with Gasteiger partial charge < -0.3 is 5.11 Å². The van der Waals surface area contributed by atoms with Crippen LogP contribution in [0.5, 0.6) is 5.75 Å².